The van der Waals surface area contributed by atoms with Crippen LogP contribution in [0.15, 0.2) is 30.3 Å². The van der Waals surface area contributed by atoms with Crippen molar-refractivity contribution in [3.05, 3.63) is 35.9 Å². The number of nitrogens with one attached hydrogen (secondary N) is 1. The molecule has 20 heavy (non-hydrogen) atoms. The molecule has 1 aromatic heterocycles. The minimum Gasteiger partial charge on any atom is -0.478 e. The van der Waals surface area contributed by atoms with Gasteiger partial charge in [0.15, 0.2) is 0 Å². The summed E-state index contributed by atoms with van der Waals surface area (Å²) in [5.74, 6) is 0.734. The zero-order chi connectivity index (χ0) is 14.4. The van der Waals surface area contributed by atoms with E-state index in [9.17, 15) is 0 Å². The molecule has 0 bridgehead atoms. The molecule has 0 spiro atoms. The van der Waals surface area contributed by atoms with E-state index in [1.807, 2.05) is 12.1 Å². The number of nitrogens with zero attached hydrogens (tertiary/aromatic N) is 1. The zero-order valence-corrected chi connectivity index (χ0v) is 12.6. The Labute approximate surface area is 121 Å². The minimum atomic E-state index is 0.464. The molecule has 0 aliphatic carbocycles. The molecule has 0 saturated carbocycles. The van der Waals surface area contributed by atoms with E-state index in [1.165, 1.54) is 10.9 Å². The predicted molar refractivity (Wildman–Crippen MR) is 84.1 cm³/mol. The normalized spacial score (nSPS) is 11.2. The molecule has 0 unspecified atom stereocenters. The lowest BCUT2D eigenvalue weighted by Crippen LogP contribution is -2.22. The standard InChI is InChI=1S/C17H24N2O/c1-4-5-10-20-17-11-14(12-18-13(2)3)15-8-6-7-9-16(15)19-17/h6-9,11,13,18H,4-5,10,12H2,1-3H3. The van der Waals surface area contributed by atoms with Crippen LogP contribution in [0, 0.1) is 0 Å². The number of ether oxygens (including phenoxy) is 1. The molecule has 2 rings (SSSR count). The minimum absolute atomic E-state index is 0.464. The van der Waals surface area contributed by atoms with Crippen molar-refractivity contribution in [1.29, 1.82) is 0 Å². The number of hydrogen-bond donors (Lipinski definition) is 1. The maximum absolute atomic E-state index is 5.76. The summed E-state index contributed by atoms with van der Waals surface area (Å²) in [6.07, 6.45) is 2.20. The Kier molecular flexibility index (Phi) is 5.36. The molecule has 0 atom stereocenters. The fourth-order valence-electron chi connectivity index (χ4n) is 2.08. The van der Waals surface area contributed by atoms with Crippen LogP contribution >= 0.6 is 0 Å². The number of hydrogen-bond acceptors (Lipinski definition) is 3. The number of pyridine rings is 1. The third-order valence-corrected chi connectivity index (χ3v) is 3.23. The third kappa shape index (κ3) is 3.94. The second-order valence-electron chi connectivity index (χ2n) is 5.37. The summed E-state index contributed by atoms with van der Waals surface area (Å²) in [5, 5.41) is 4.66. The van der Waals surface area contributed by atoms with Gasteiger partial charge in [0.05, 0.1) is 12.1 Å². The van der Waals surface area contributed by atoms with E-state index in [-0.39, 0.29) is 0 Å². The fraction of sp³-hybridized carbons (Fsp3) is 0.471. The van der Waals surface area contributed by atoms with Gasteiger partial charge in [0.2, 0.25) is 5.88 Å². The maximum Gasteiger partial charge on any atom is 0.214 e. The number of fused-ring (bicyclic) bond motifs is 1. The van der Waals surface area contributed by atoms with Gasteiger partial charge < -0.3 is 10.1 Å². The van der Waals surface area contributed by atoms with E-state index in [0.717, 1.165) is 37.4 Å². The molecule has 3 heteroatoms. The second-order valence-corrected chi connectivity index (χ2v) is 5.37. The van der Waals surface area contributed by atoms with Gasteiger partial charge in [-0.15, -0.1) is 0 Å². The van der Waals surface area contributed by atoms with Crippen molar-refractivity contribution in [3.8, 4) is 5.88 Å². The number of rotatable bonds is 7. The Morgan fingerprint density at radius 1 is 1.25 bits per heavy atom. The van der Waals surface area contributed by atoms with Crippen LogP contribution in [0.5, 0.6) is 5.88 Å². The Morgan fingerprint density at radius 2 is 2.05 bits per heavy atom. The second kappa shape index (κ2) is 7.25. The molecule has 1 heterocycles. The molecule has 2 aromatic rings. The highest BCUT2D eigenvalue weighted by molar-refractivity contribution is 5.82. The molecule has 0 radical (unpaired) electrons. The van der Waals surface area contributed by atoms with Crippen LogP contribution in [0.4, 0.5) is 0 Å². The SMILES string of the molecule is CCCCOc1cc(CNC(C)C)c2ccccc2n1. The summed E-state index contributed by atoms with van der Waals surface area (Å²) in [5.41, 5.74) is 2.25. The van der Waals surface area contributed by atoms with Crippen molar-refractivity contribution in [2.24, 2.45) is 0 Å². The Hall–Kier alpha value is -1.61. The molecule has 1 N–H and O–H groups in total. The lowest BCUT2D eigenvalue weighted by atomic mass is 10.1. The number of aromatic nitrogens is 1. The van der Waals surface area contributed by atoms with Crippen molar-refractivity contribution in [2.45, 2.75) is 46.2 Å². The molecule has 3 nitrogen and oxygen atoms in total. The average molecular weight is 272 g/mol. The summed E-state index contributed by atoms with van der Waals surface area (Å²) < 4.78 is 5.76. The van der Waals surface area contributed by atoms with Gasteiger partial charge in [0.25, 0.3) is 0 Å². The van der Waals surface area contributed by atoms with Crippen molar-refractivity contribution in [2.75, 3.05) is 6.61 Å². The molecule has 0 saturated heterocycles. The van der Waals surface area contributed by atoms with Gasteiger partial charge in [-0.2, -0.15) is 0 Å². The van der Waals surface area contributed by atoms with Crippen molar-refractivity contribution in [3.63, 3.8) is 0 Å². The van der Waals surface area contributed by atoms with Crippen LogP contribution in [0.2, 0.25) is 0 Å². The van der Waals surface area contributed by atoms with Gasteiger partial charge in [-0.3, -0.25) is 0 Å². The molecular weight excluding hydrogens is 248 g/mol. The van der Waals surface area contributed by atoms with Crippen molar-refractivity contribution in [1.82, 2.24) is 10.3 Å². The van der Waals surface area contributed by atoms with E-state index in [1.54, 1.807) is 0 Å². The maximum atomic E-state index is 5.76. The highest BCUT2D eigenvalue weighted by Gasteiger charge is 2.07. The van der Waals surface area contributed by atoms with Gasteiger partial charge in [0.1, 0.15) is 0 Å². The highest BCUT2D eigenvalue weighted by Crippen LogP contribution is 2.22. The van der Waals surface area contributed by atoms with Crippen LogP contribution < -0.4 is 10.1 Å². The molecule has 0 amide bonds. The lowest BCUT2D eigenvalue weighted by molar-refractivity contribution is 0.298. The van der Waals surface area contributed by atoms with E-state index in [2.05, 4.69) is 49.3 Å². The first kappa shape index (κ1) is 14.8. The topological polar surface area (TPSA) is 34.1 Å². The van der Waals surface area contributed by atoms with E-state index in [4.69, 9.17) is 4.74 Å². The molecule has 1 aromatic carbocycles. The Bertz CT molecular complexity index is 552. The summed E-state index contributed by atoms with van der Waals surface area (Å²) in [6, 6.07) is 10.8. The van der Waals surface area contributed by atoms with Crippen molar-refractivity contribution < 1.29 is 4.74 Å². The molecule has 108 valence electrons. The average Bonchev–Trinajstić information content (AvgIpc) is 2.45. The van der Waals surface area contributed by atoms with E-state index in [0.29, 0.717) is 6.04 Å². The number of para-hydroxylation sites is 1. The Morgan fingerprint density at radius 3 is 2.80 bits per heavy atom. The molecule has 0 aliphatic rings. The smallest absolute Gasteiger partial charge is 0.214 e. The third-order valence-electron chi connectivity index (χ3n) is 3.23. The van der Waals surface area contributed by atoms with Gasteiger partial charge in [0, 0.05) is 24.0 Å². The fourth-order valence-corrected chi connectivity index (χ4v) is 2.08. The van der Waals surface area contributed by atoms with Crippen LogP contribution in [-0.4, -0.2) is 17.6 Å². The number of unbranched alkanes of at least 4 members (excludes halogenated alkanes) is 1. The summed E-state index contributed by atoms with van der Waals surface area (Å²) in [6.45, 7) is 8.04. The van der Waals surface area contributed by atoms with Crippen molar-refractivity contribution >= 4 is 10.9 Å². The lowest BCUT2D eigenvalue weighted by Gasteiger charge is -2.13. The van der Waals surface area contributed by atoms with Gasteiger partial charge >= 0.3 is 0 Å². The van der Waals surface area contributed by atoms with Crippen LogP contribution in [-0.2, 0) is 6.54 Å². The monoisotopic (exact) mass is 272 g/mol. The zero-order valence-electron chi connectivity index (χ0n) is 12.6. The van der Waals surface area contributed by atoms with Gasteiger partial charge in [-0.05, 0) is 18.1 Å². The van der Waals surface area contributed by atoms with Crippen LogP contribution in [0.25, 0.3) is 10.9 Å². The first-order chi connectivity index (χ1) is 9.70. The van der Waals surface area contributed by atoms with Crippen LogP contribution in [0.3, 0.4) is 0 Å². The molecular formula is C17H24N2O. The van der Waals surface area contributed by atoms with Gasteiger partial charge in [-0.1, -0.05) is 45.4 Å². The Balaban J connectivity index is 2.26. The number of benzene rings is 1. The van der Waals surface area contributed by atoms with Crippen LogP contribution in [0.1, 0.15) is 39.2 Å². The summed E-state index contributed by atoms with van der Waals surface area (Å²) in [7, 11) is 0. The molecule has 0 aliphatic heterocycles. The first-order valence-electron chi connectivity index (χ1n) is 7.45. The first-order valence-corrected chi connectivity index (χ1v) is 7.45. The predicted octanol–water partition coefficient (Wildman–Crippen LogP) is 3.91. The summed E-state index contributed by atoms with van der Waals surface area (Å²) >= 11 is 0. The summed E-state index contributed by atoms with van der Waals surface area (Å²) in [4.78, 5) is 4.58. The van der Waals surface area contributed by atoms with E-state index < -0.39 is 0 Å². The largest absolute Gasteiger partial charge is 0.478 e. The molecule has 0 fully saturated rings. The van der Waals surface area contributed by atoms with Gasteiger partial charge in [-0.25, -0.2) is 4.98 Å². The highest BCUT2D eigenvalue weighted by atomic mass is 16.5. The van der Waals surface area contributed by atoms with E-state index >= 15 is 0 Å². The quantitative estimate of drug-likeness (QED) is 0.776.